The van der Waals surface area contributed by atoms with Crippen molar-refractivity contribution in [3.63, 3.8) is 0 Å². The molecule has 1 aromatic carbocycles. The first kappa shape index (κ1) is 23.8. The lowest BCUT2D eigenvalue weighted by atomic mass is 10.2. The molecule has 0 fully saturated rings. The van der Waals surface area contributed by atoms with Crippen LogP contribution in [0.3, 0.4) is 0 Å². The number of hydrogen-bond acceptors (Lipinski definition) is 4. The SMILES string of the molecule is CN=C(NCCCOCC(C)C)NCc1sc(-c2ccccc2)nc1C.I. The third-order valence-corrected chi connectivity index (χ3v) is 4.97. The fourth-order valence-electron chi connectivity index (χ4n) is 2.38. The Morgan fingerprint density at radius 2 is 1.96 bits per heavy atom. The van der Waals surface area contributed by atoms with Gasteiger partial charge in [-0.3, -0.25) is 4.99 Å². The van der Waals surface area contributed by atoms with Crippen LogP contribution in [0.1, 0.15) is 30.8 Å². The third-order valence-electron chi connectivity index (χ3n) is 3.76. The maximum atomic E-state index is 5.59. The van der Waals surface area contributed by atoms with E-state index < -0.39 is 0 Å². The minimum atomic E-state index is 0. The molecule has 0 atom stereocenters. The molecule has 5 nitrogen and oxygen atoms in total. The summed E-state index contributed by atoms with van der Waals surface area (Å²) >= 11 is 1.73. The van der Waals surface area contributed by atoms with Crippen molar-refractivity contribution in [1.29, 1.82) is 0 Å². The molecule has 0 aliphatic heterocycles. The minimum Gasteiger partial charge on any atom is -0.381 e. The summed E-state index contributed by atoms with van der Waals surface area (Å²) < 4.78 is 5.59. The number of hydrogen-bond donors (Lipinski definition) is 2. The zero-order valence-corrected chi connectivity index (χ0v) is 19.8. The maximum absolute atomic E-state index is 5.59. The number of aliphatic imine (C=N–C) groups is 1. The predicted octanol–water partition coefficient (Wildman–Crippen LogP) is 4.46. The van der Waals surface area contributed by atoms with E-state index in [0.29, 0.717) is 5.92 Å². The summed E-state index contributed by atoms with van der Waals surface area (Å²) in [5.74, 6) is 1.39. The van der Waals surface area contributed by atoms with Crippen LogP contribution in [0, 0.1) is 12.8 Å². The second-order valence-corrected chi connectivity index (χ2v) is 7.65. The molecule has 0 aliphatic carbocycles. The molecule has 0 aliphatic rings. The summed E-state index contributed by atoms with van der Waals surface area (Å²) in [6, 6.07) is 10.3. The van der Waals surface area contributed by atoms with Crippen molar-refractivity contribution >= 4 is 41.3 Å². The van der Waals surface area contributed by atoms with Crippen molar-refractivity contribution in [2.45, 2.75) is 33.7 Å². The molecule has 150 valence electrons. The van der Waals surface area contributed by atoms with Gasteiger partial charge >= 0.3 is 0 Å². The smallest absolute Gasteiger partial charge is 0.191 e. The van der Waals surface area contributed by atoms with Crippen molar-refractivity contribution < 1.29 is 4.74 Å². The van der Waals surface area contributed by atoms with Gasteiger partial charge in [-0.15, -0.1) is 35.3 Å². The summed E-state index contributed by atoms with van der Waals surface area (Å²) in [6.45, 7) is 9.54. The molecule has 2 rings (SSSR count). The van der Waals surface area contributed by atoms with Gasteiger partial charge in [0, 0.05) is 37.2 Å². The monoisotopic (exact) mass is 502 g/mol. The second-order valence-electron chi connectivity index (χ2n) is 6.57. The maximum Gasteiger partial charge on any atom is 0.191 e. The van der Waals surface area contributed by atoms with Crippen LogP contribution in [-0.2, 0) is 11.3 Å². The van der Waals surface area contributed by atoms with Crippen molar-refractivity contribution in [1.82, 2.24) is 15.6 Å². The van der Waals surface area contributed by atoms with Gasteiger partial charge in [0.15, 0.2) is 5.96 Å². The summed E-state index contributed by atoms with van der Waals surface area (Å²) in [6.07, 6.45) is 0.963. The summed E-state index contributed by atoms with van der Waals surface area (Å²) in [5.41, 5.74) is 2.23. The van der Waals surface area contributed by atoms with Gasteiger partial charge in [0.2, 0.25) is 0 Å². The number of aryl methyl sites for hydroxylation is 1. The van der Waals surface area contributed by atoms with Crippen molar-refractivity contribution in [3.8, 4) is 10.6 Å². The van der Waals surface area contributed by atoms with Crippen LogP contribution in [-0.4, -0.2) is 37.7 Å². The van der Waals surface area contributed by atoms with E-state index in [1.165, 1.54) is 4.88 Å². The van der Waals surface area contributed by atoms with Gasteiger partial charge in [-0.2, -0.15) is 0 Å². The Hall–Kier alpha value is -1.19. The first-order valence-corrected chi connectivity index (χ1v) is 9.95. The highest BCUT2D eigenvalue weighted by Gasteiger charge is 2.09. The molecule has 0 saturated carbocycles. The molecular formula is C20H31IN4OS. The molecule has 2 aromatic rings. The minimum absolute atomic E-state index is 0. The van der Waals surface area contributed by atoms with E-state index in [9.17, 15) is 0 Å². The lowest BCUT2D eigenvalue weighted by Gasteiger charge is -2.12. The summed E-state index contributed by atoms with van der Waals surface area (Å²) in [7, 11) is 1.79. The van der Waals surface area contributed by atoms with E-state index in [1.54, 1.807) is 18.4 Å². The van der Waals surface area contributed by atoms with Crippen LogP contribution < -0.4 is 10.6 Å². The van der Waals surface area contributed by atoms with Gasteiger partial charge in [-0.05, 0) is 19.3 Å². The van der Waals surface area contributed by atoms with E-state index in [-0.39, 0.29) is 24.0 Å². The number of nitrogens with zero attached hydrogens (tertiary/aromatic N) is 2. The molecule has 27 heavy (non-hydrogen) atoms. The fraction of sp³-hybridized carbons (Fsp3) is 0.500. The molecule has 2 N–H and O–H groups in total. The molecular weight excluding hydrogens is 471 g/mol. The largest absolute Gasteiger partial charge is 0.381 e. The van der Waals surface area contributed by atoms with E-state index in [4.69, 9.17) is 9.72 Å². The zero-order valence-electron chi connectivity index (χ0n) is 16.6. The Kier molecular flexibility index (Phi) is 11.5. The van der Waals surface area contributed by atoms with Gasteiger partial charge in [0.05, 0.1) is 12.2 Å². The lowest BCUT2D eigenvalue weighted by molar-refractivity contribution is 0.108. The number of nitrogens with one attached hydrogen (secondary N) is 2. The third kappa shape index (κ3) is 8.57. The highest BCUT2D eigenvalue weighted by atomic mass is 127. The highest BCUT2D eigenvalue weighted by molar-refractivity contribution is 14.0. The van der Waals surface area contributed by atoms with Crippen LogP contribution in [0.15, 0.2) is 35.3 Å². The molecule has 0 spiro atoms. The van der Waals surface area contributed by atoms with Crippen LogP contribution in [0.2, 0.25) is 0 Å². The zero-order chi connectivity index (χ0) is 18.8. The molecule has 1 aromatic heterocycles. The Balaban J connectivity index is 0.00000364. The van der Waals surface area contributed by atoms with Crippen molar-refractivity contribution in [2.24, 2.45) is 10.9 Å². The Morgan fingerprint density at radius 3 is 2.63 bits per heavy atom. The number of guanidine groups is 1. The number of rotatable bonds is 9. The standard InChI is InChI=1S/C20H30N4OS.HI/c1-15(2)14-25-12-8-11-22-20(21-4)23-13-18-16(3)24-19(26-18)17-9-6-5-7-10-17;/h5-7,9-10,15H,8,11-14H2,1-4H3,(H2,21,22,23);1H. The van der Waals surface area contributed by atoms with Crippen molar-refractivity contribution in [3.05, 3.63) is 40.9 Å². The normalized spacial score (nSPS) is 11.4. The molecule has 0 saturated heterocycles. The average Bonchev–Trinajstić information content (AvgIpc) is 3.02. The number of halogens is 1. The topological polar surface area (TPSA) is 58.5 Å². The van der Waals surface area contributed by atoms with Crippen LogP contribution in [0.25, 0.3) is 10.6 Å². The fourth-order valence-corrected chi connectivity index (χ4v) is 3.39. The van der Waals surface area contributed by atoms with Crippen molar-refractivity contribution in [2.75, 3.05) is 26.8 Å². The summed E-state index contributed by atoms with van der Waals surface area (Å²) in [4.78, 5) is 10.2. The Morgan fingerprint density at radius 1 is 1.22 bits per heavy atom. The molecule has 1 heterocycles. The first-order chi connectivity index (χ1) is 12.6. The van der Waals surface area contributed by atoms with Crippen LogP contribution in [0.4, 0.5) is 0 Å². The molecule has 0 amide bonds. The molecule has 0 bridgehead atoms. The molecule has 0 unspecified atom stereocenters. The number of ether oxygens (including phenoxy) is 1. The van der Waals surface area contributed by atoms with E-state index in [1.807, 2.05) is 18.2 Å². The van der Waals surface area contributed by atoms with E-state index >= 15 is 0 Å². The first-order valence-electron chi connectivity index (χ1n) is 9.14. The van der Waals surface area contributed by atoms with Gasteiger partial charge in [-0.25, -0.2) is 4.98 Å². The van der Waals surface area contributed by atoms with E-state index in [0.717, 1.165) is 54.9 Å². The number of thiazole rings is 1. The van der Waals surface area contributed by atoms with Crippen LogP contribution >= 0.6 is 35.3 Å². The van der Waals surface area contributed by atoms with Gasteiger partial charge in [-0.1, -0.05) is 44.2 Å². The Bertz CT molecular complexity index is 689. The van der Waals surface area contributed by atoms with E-state index in [2.05, 4.69) is 48.5 Å². The Labute approximate surface area is 184 Å². The molecule has 7 heteroatoms. The van der Waals surface area contributed by atoms with Gasteiger partial charge in [0.25, 0.3) is 0 Å². The molecule has 0 radical (unpaired) electrons. The van der Waals surface area contributed by atoms with Crippen LogP contribution in [0.5, 0.6) is 0 Å². The number of aromatic nitrogens is 1. The second kappa shape index (κ2) is 13.1. The number of benzene rings is 1. The average molecular weight is 502 g/mol. The predicted molar refractivity (Wildman–Crippen MR) is 126 cm³/mol. The van der Waals surface area contributed by atoms with Gasteiger partial charge in [0.1, 0.15) is 5.01 Å². The highest BCUT2D eigenvalue weighted by Crippen LogP contribution is 2.27. The summed E-state index contributed by atoms with van der Waals surface area (Å²) in [5, 5.41) is 7.76. The lowest BCUT2D eigenvalue weighted by Crippen LogP contribution is -2.37. The van der Waals surface area contributed by atoms with Gasteiger partial charge < -0.3 is 15.4 Å². The quantitative estimate of drug-likeness (QED) is 0.230.